The third kappa shape index (κ3) is 5.05. The van der Waals surface area contributed by atoms with E-state index in [1.165, 1.54) is 10.1 Å². The summed E-state index contributed by atoms with van der Waals surface area (Å²) in [6.07, 6.45) is -0.456. The number of aryl methyl sites for hydroxylation is 2. The SMILES string of the molecule is Cc1[nH]nc2ccc(Br)cc12.Cc1nn(C(=O)OC(C)(C)C)c2ccc(Br)cc12. The number of rotatable bonds is 0. The molecule has 4 aromatic rings. The van der Waals surface area contributed by atoms with Gasteiger partial charge >= 0.3 is 6.09 Å². The highest BCUT2D eigenvalue weighted by Crippen LogP contribution is 2.23. The molecule has 0 radical (unpaired) electrons. The molecule has 0 saturated heterocycles. The molecule has 0 saturated carbocycles. The molecule has 1 N–H and O–H groups in total. The summed E-state index contributed by atoms with van der Waals surface area (Å²) in [4.78, 5) is 12.0. The van der Waals surface area contributed by atoms with Gasteiger partial charge in [0, 0.05) is 25.4 Å². The van der Waals surface area contributed by atoms with Crippen molar-refractivity contribution in [3.63, 3.8) is 0 Å². The van der Waals surface area contributed by atoms with E-state index in [9.17, 15) is 4.79 Å². The Labute approximate surface area is 185 Å². The molecule has 0 aliphatic rings. The number of benzene rings is 2. The minimum Gasteiger partial charge on any atom is -0.442 e. The van der Waals surface area contributed by atoms with Crippen molar-refractivity contribution in [3.05, 3.63) is 56.7 Å². The van der Waals surface area contributed by atoms with E-state index < -0.39 is 11.7 Å². The van der Waals surface area contributed by atoms with Gasteiger partial charge in [-0.05, 0) is 71.0 Å². The minimum absolute atomic E-state index is 0.456. The first-order valence-corrected chi connectivity index (χ1v) is 10.6. The highest BCUT2D eigenvalue weighted by Gasteiger charge is 2.21. The number of aromatic amines is 1. The Morgan fingerprint density at radius 1 is 1.03 bits per heavy atom. The summed E-state index contributed by atoms with van der Waals surface area (Å²) in [5.74, 6) is 0. The molecule has 0 aliphatic heterocycles. The van der Waals surface area contributed by atoms with Crippen LogP contribution < -0.4 is 0 Å². The van der Waals surface area contributed by atoms with E-state index in [0.29, 0.717) is 0 Å². The van der Waals surface area contributed by atoms with Crippen LogP contribution >= 0.6 is 31.9 Å². The van der Waals surface area contributed by atoms with Crippen molar-refractivity contribution in [2.75, 3.05) is 0 Å². The van der Waals surface area contributed by atoms with Gasteiger partial charge in [-0.3, -0.25) is 5.10 Å². The second-order valence-corrected chi connectivity index (χ2v) is 9.48. The topological polar surface area (TPSA) is 72.8 Å². The van der Waals surface area contributed by atoms with Crippen LogP contribution in [-0.2, 0) is 4.74 Å². The summed E-state index contributed by atoms with van der Waals surface area (Å²) < 4.78 is 8.69. The lowest BCUT2D eigenvalue weighted by Gasteiger charge is -2.19. The van der Waals surface area contributed by atoms with Gasteiger partial charge in [0.25, 0.3) is 0 Å². The van der Waals surface area contributed by atoms with Gasteiger partial charge in [0.1, 0.15) is 5.60 Å². The molecule has 0 aliphatic carbocycles. The number of halogens is 2. The standard InChI is InChI=1S/C13H15BrN2O2.C8H7BrN2/c1-8-10-7-9(14)5-6-11(10)16(15-8)12(17)18-13(2,3)4;1-5-7-4-6(9)2-3-8(7)11-10-5/h5-7H,1-4H3;2-4H,1H3,(H,10,11). The highest BCUT2D eigenvalue weighted by molar-refractivity contribution is 9.10. The molecule has 29 heavy (non-hydrogen) atoms. The predicted molar refractivity (Wildman–Crippen MR) is 122 cm³/mol. The smallest absolute Gasteiger partial charge is 0.435 e. The van der Waals surface area contributed by atoms with Crippen molar-refractivity contribution < 1.29 is 9.53 Å². The molecule has 0 atom stereocenters. The zero-order valence-corrected chi connectivity index (χ0v) is 20.1. The summed E-state index contributed by atoms with van der Waals surface area (Å²) in [6, 6.07) is 11.7. The number of nitrogens with one attached hydrogen (secondary N) is 1. The van der Waals surface area contributed by atoms with Crippen LogP contribution in [0.15, 0.2) is 45.3 Å². The van der Waals surface area contributed by atoms with Gasteiger partial charge in [-0.1, -0.05) is 31.9 Å². The van der Waals surface area contributed by atoms with Gasteiger partial charge in [0.15, 0.2) is 0 Å². The second kappa shape index (κ2) is 8.28. The Hall–Kier alpha value is -2.19. The van der Waals surface area contributed by atoms with Crippen LogP contribution in [0.25, 0.3) is 21.8 Å². The van der Waals surface area contributed by atoms with Crippen LogP contribution in [-0.4, -0.2) is 31.7 Å². The van der Waals surface area contributed by atoms with Gasteiger partial charge in [-0.15, -0.1) is 0 Å². The Bertz CT molecular complexity index is 1190. The molecule has 0 bridgehead atoms. The first-order chi connectivity index (χ1) is 13.5. The molecule has 8 heteroatoms. The summed E-state index contributed by atoms with van der Waals surface area (Å²) >= 11 is 6.82. The van der Waals surface area contributed by atoms with E-state index >= 15 is 0 Å². The number of H-pyrrole nitrogens is 1. The van der Waals surface area contributed by atoms with E-state index in [1.807, 2.05) is 65.0 Å². The van der Waals surface area contributed by atoms with E-state index in [1.54, 1.807) is 0 Å². The number of hydrogen-bond acceptors (Lipinski definition) is 4. The Morgan fingerprint density at radius 3 is 2.31 bits per heavy atom. The number of aromatic nitrogens is 4. The maximum atomic E-state index is 12.0. The van der Waals surface area contributed by atoms with Crippen molar-refractivity contribution >= 4 is 59.8 Å². The van der Waals surface area contributed by atoms with Crippen LogP contribution in [0.5, 0.6) is 0 Å². The summed E-state index contributed by atoms with van der Waals surface area (Å²) in [7, 11) is 0. The Morgan fingerprint density at radius 2 is 1.66 bits per heavy atom. The van der Waals surface area contributed by atoms with E-state index in [-0.39, 0.29) is 0 Å². The molecule has 0 unspecified atom stereocenters. The molecular weight excluding hydrogens is 500 g/mol. The van der Waals surface area contributed by atoms with Crippen molar-refractivity contribution in [1.29, 1.82) is 0 Å². The normalized spacial score (nSPS) is 11.4. The van der Waals surface area contributed by atoms with Crippen LogP contribution in [0.2, 0.25) is 0 Å². The third-order valence-corrected chi connectivity index (χ3v) is 5.09. The lowest BCUT2D eigenvalue weighted by atomic mass is 10.2. The van der Waals surface area contributed by atoms with Gasteiger partial charge in [0.2, 0.25) is 0 Å². The molecular formula is C21H22Br2N4O2. The van der Waals surface area contributed by atoms with Crippen LogP contribution in [0, 0.1) is 13.8 Å². The molecule has 2 heterocycles. The number of carbonyl (C=O) groups excluding carboxylic acids is 1. The largest absolute Gasteiger partial charge is 0.442 e. The average molecular weight is 522 g/mol. The number of nitrogens with zero attached hydrogens (tertiary/aromatic N) is 3. The van der Waals surface area contributed by atoms with Gasteiger partial charge < -0.3 is 4.74 Å². The molecule has 4 rings (SSSR count). The summed E-state index contributed by atoms with van der Waals surface area (Å²) in [5.41, 5.74) is 3.16. The average Bonchev–Trinajstić information content (AvgIpc) is 3.15. The monoisotopic (exact) mass is 520 g/mol. The van der Waals surface area contributed by atoms with Crippen LogP contribution in [0.4, 0.5) is 4.79 Å². The lowest BCUT2D eigenvalue weighted by molar-refractivity contribution is 0.0522. The zero-order valence-electron chi connectivity index (χ0n) is 16.9. The fraction of sp³-hybridized carbons (Fsp3) is 0.286. The maximum Gasteiger partial charge on any atom is 0.435 e. The maximum absolute atomic E-state index is 12.0. The van der Waals surface area contributed by atoms with E-state index in [0.717, 1.165) is 36.8 Å². The zero-order chi connectivity index (χ0) is 21.3. The Balaban J connectivity index is 0.000000186. The number of hydrogen-bond donors (Lipinski definition) is 1. The fourth-order valence-corrected chi connectivity index (χ4v) is 3.52. The minimum atomic E-state index is -0.529. The lowest BCUT2D eigenvalue weighted by Crippen LogP contribution is -2.27. The first-order valence-electron chi connectivity index (χ1n) is 9.03. The summed E-state index contributed by atoms with van der Waals surface area (Å²) in [5, 5.41) is 13.4. The van der Waals surface area contributed by atoms with E-state index in [4.69, 9.17) is 4.74 Å². The molecule has 2 aromatic heterocycles. The number of carbonyl (C=O) groups is 1. The number of fused-ring (bicyclic) bond motifs is 2. The van der Waals surface area contributed by atoms with E-state index in [2.05, 4.69) is 53.2 Å². The Kier molecular flexibility index (Phi) is 6.14. The molecule has 6 nitrogen and oxygen atoms in total. The molecule has 152 valence electrons. The van der Waals surface area contributed by atoms with Crippen molar-refractivity contribution in [3.8, 4) is 0 Å². The number of ether oxygens (including phenoxy) is 1. The van der Waals surface area contributed by atoms with Gasteiger partial charge in [-0.2, -0.15) is 14.9 Å². The van der Waals surface area contributed by atoms with Crippen LogP contribution in [0.3, 0.4) is 0 Å². The summed E-state index contributed by atoms with van der Waals surface area (Å²) in [6.45, 7) is 9.39. The first kappa shape index (κ1) is 21.5. The fourth-order valence-electron chi connectivity index (χ4n) is 2.80. The molecule has 0 spiro atoms. The van der Waals surface area contributed by atoms with Crippen LogP contribution in [0.1, 0.15) is 32.2 Å². The van der Waals surface area contributed by atoms with Crippen molar-refractivity contribution in [2.45, 2.75) is 40.2 Å². The second-order valence-electron chi connectivity index (χ2n) is 7.65. The van der Waals surface area contributed by atoms with Crippen molar-refractivity contribution in [2.24, 2.45) is 0 Å². The predicted octanol–water partition coefficient (Wildman–Crippen LogP) is 6.52. The highest BCUT2D eigenvalue weighted by atomic mass is 79.9. The molecule has 0 fully saturated rings. The molecule has 2 aromatic carbocycles. The van der Waals surface area contributed by atoms with Crippen molar-refractivity contribution in [1.82, 2.24) is 20.0 Å². The quantitative estimate of drug-likeness (QED) is 0.285. The molecule has 0 amide bonds. The van der Waals surface area contributed by atoms with Gasteiger partial charge in [-0.25, -0.2) is 4.79 Å². The third-order valence-electron chi connectivity index (χ3n) is 4.10. The van der Waals surface area contributed by atoms with Gasteiger partial charge in [0.05, 0.1) is 16.7 Å².